The molecule has 3 aromatic rings. The lowest BCUT2D eigenvalue weighted by Gasteiger charge is -2.19. The van der Waals surface area contributed by atoms with Crippen LogP contribution >= 0.6 is 0 Å². The van der Waals surface area contributed by atoms with E-state index >= 15 is 0 Å². The van der Waals surface area contributed by atoms with Crippen molar-refractivity contribution >= 4 is 11.6 Å². The van der Waals surface area contributed by atoms with Gasteiger partial charge in [-0.1, -0.05) is 19.1 Å². The van der Waals surface area contributed by atoms with Gasteiger partial charge in [-0.25, -0.2) is 9.67 Å². The van der Waals surface area contributed by atoms with Crippen molar-refractivity contribution in [2.45, 2.75) is 33.5 Å². The Balaban J connectivity index is 1.99. The van der Waals surface area contributed by atoms with Gasteiger partial charge in [0.2, 0.25) is 0 Å². The van der Waals surface area contributed by atoms with E-state index < -0.39 is 17.6 Å². The summed E-state index contributed by atoms with van der Waals surface area (Å²) < 4.78 is 47.7. The summed E-state index contributed by atoms with van der Waals surface area (Å²) in [4.78, 5) is 17.4. The Morgan fingerprint density at radius 3 is 2.61 bits per heavy atom. The van der Waals surface area contributed by atoms with Crippen LogP contribution in [0.25, 0.3) is 5.82 Å². The molecule has 0 unspecified atom stereocenters. The Morgan fingerprint density at radius 1 is 1.24 bits per heavy atom. The fourth-order valence-electron chi connectivity index (χ4n) is 3.25. The van der Waals surface area contributed by atoms with Gasteiger partial charge in [0.05, 0.1) is 30.6 Å². The molecule has 2 N–H and O–H groups in total. The van der Waals surface area contributed by atoms with Crippen molar-refractivity contribution < 1.29 is 22.7 Å². The van der Waals surface area contributed by atoms with Crippen LogP contribution in [-0.2, 0) is 12.7 Å². The molecule has 0 spiro atoms. The normalized spacial score (nSPS) is 11.6. The zero-order valence-electron chi connectivity index (χ0n) is 18.7. The number of nitrogens with zero attached hydrogens (tertiary/aromatic N) is 4. The molecule has 0 aliphatic rings. The van der Waals surface area contributed by atoms with Crippen molar-refractivity contribution in [3.05, 3.63) is 59.0 Å². The molecule has 3 rings (SSSR count). The molecule has 8 nitrogen and oxygen atoms in total. The first-order valence-corrected chi connectivity index (χ1v) is 10.2. The fourth-order valence-corrected chi connectivity index (χ4v) is 3.25. The van der Waals surface area contributed by atoms with Crippen LogP contribution in [0.1, 0.15) is 41.0 Å². The molecule has 1 aromatic carbocycles. The third-order valence-electron chi connectivity index (χ3n) is 4.70. The number of alkyl halides is 3. The Labute approximate surface area is 189 Å². The Morgan fingerprint density at radius 2 is 2.00 bits per heavy atom. The predicted octanol–water partition coefficient (Wildman–Crippen LogP) is 4.00. The second-order valence-corrected chi connectivity index (χ2v) is 7.86. The molecular formula is C22H25F3N6O2. The van der Waals surface area contributed by atoms with Crippen LogP contribution < -0.4 is 15.4 Å². The number of ether oxygens (including phenoxy) is 1. The van der Waals surface area contributed by atoms with Crippen LogP contribution in [0.4, 0.5) is 18.9 Å². The summed E-state index contributed by atoms with van der Waals surface area (Å²) in [6.07, 6.45) is -1.72. The number of hydrogen-bond donors (Lipinski definition) is 2. The third kappa shape index (κ3) is 5.86. The molecule has 11 heteroatoms. The third-order valence-corrected chi connectivity index (χ3v) is 4.70. The Kier molecular flexibility index (Phi) is 7.32. The summed E-state index contributed by atoms with van der Waals surface area (Å²) >= 11 is 0. The number of nitrogens with one attached hydrogen (secondary N) is 2. The number of methoxy groups -OCH3 is 1. The SMILES string of the molecule is COc1c(CNCC(C)C)cc(NC(=O)c2ccc(C)nc2-n2ccnn2)cc1C(F)(F)F. The van der Waals surface area contributed by atoms with Crippen LogP contribution in [0, 0.1) is 12.8 Å². The van der Waals surface area contributed by atoms with Crippen LogP contribution in [0.2, 0.25) is 0 Å². The maximum Gasteiger partial charge on any atom is 0.420 e. The molecule has 0 saturated heterocycles. The van der Waals surface area contributed by atoms with Gasteiger partial charge in [-0.3, -0.25) is 4.79 Å². The molecule has 0 aliphatic heterocycles. The number of pyridine rings is 1. The highest BCUT2D eigenvalue weighted by molar-refractivity contribution is 6.06. The molecule has 0 radical (unpaired) electrons. The predicted molar refractivity (Wildman–Crippen MR) is 116 cm³/mol. The first-order valence-electron chi connectivity index (χ1n) is 10.2. The smallest absolute Gasteiger partial charge is 0.420 e. The van der Waals surface area contributed by atoms with Gasteiger partial charge in [-0.2, -0.15) is 13.2 Å². The minimum atomic E-state index is -4.67. The van der Waals surface area contributed by atoms with Gasteiger partial charge in [0.25, 0.3) is 5.91 Å². The molecule has 0 aliphatic carbocycles. The van der Waals surface area contributed by atoms with E-state index in [1.165, 1.54) is 36.3 Å². The number of halogens is 3. The molecule has 2 heterocycles. The van der Waals surface area contributed by atoms with Gasteiger partial charge in [-0.05, 0) is 43.7 Å². The first-order chi connectivity index (χ1) is 15.6. The maximum atomic E-state index is 13.8. The van der Waals surface area contributed by atoms with Crippen molar-refractivity contribution in [1.29, 1.82) is 0 Å². The second kappa shape index (κ2) is 9.99. The number of carbonyl (C=O) groups is 1. The lowest BCUT2D eigenvalue weighted by atomic mass is 10.1. The molecule has 0 bridgehead atoms. The minimum absolute atomic E-state index is 0.0143. The molecule has 33 heavy (non-hydrogen) atoms. The van der Waals surface area contributed by atoms with Gasteiger partial charge < -0.3 is 15.4 Å². The number of carbonyl (C=O) groups excluding carboxylic acids is 1. The Hall–Kier alpha value is -3.47. The standard InChI is InChI=1S/C22H25F3N6O2/c1-13(2)11-26-12-15-9-16(10-18(19(15)33-4)22(23,24)25)29-21(32)17-6-5-14(3)28-20(17)31-8-7-27-30-31/h5-10,13,26H,11-12H2,1-4H3,(H,29,32). The highest BCUT2D eigenvalue weighted by Crippen LogP contribution is 2.40. The van der Waals surface area contributed by atoms with Crippen molar-refractivity contribution in [2.24, 2.45) is 5.92 Å². The van der Waals surface area contributed by atoms with Gasteiger partial charge in [0, 0.05) is 23.5 Å². The van der Waals surface area contributed by atoms with Crippen LogP contribution in [0.15, 0.2) is 36.7 Å². The lowest BCUT2D eigenvalue weighted by Crippen LogP contribution is -2.21. The molecule has 0 saturated carbocycles. The molecular weight excluding hydrogens is 437 g/mol. The van der Waals surface area contributed by atoms with Crippen molar-refractivity contribution in [1.82, 2.24) is 25.3 Å². The van der Waals surface area contributed by atoms with Gasteiger partial charge in [0.1, 0.15) is 5.75 Å². The van der Waals surface area contributed by atoms with Crippen molar-refractivity contribution in [2.75, 3.05) is 19.0 Å². The number of hydrogen-bond acceptors (Lipinski definition) is 6. The first kappa shape index (κ1) is 24.2. The number of rotatable bonds is 8. The molecule has 0 fully saturated rings. The second-order valence-electron chi connectivity index (χ2n) is 7.86. The topological polar surface area (TPSA) is 94.0 Å². The van der Waals surface area contributed by atoms with E-state index in [-0.39, 0.29) is 34.9 Å². The van der Waals surface area contributed by atoms with Crippen molar-refractivity contribution in [3.63, 3.8) is 0 Å². The number of benzene rings is 1. The van der Waals surface area contributed by atoms with Crippen LogP contribution in [0.5, 0.6) is 5.75 Å². The van der Waals surface area contributed by atoms with Gasteiger partial charge in [-0.15, -0.1) is 5.10 Å². The summed E-state index contributed by atoms with van der Waals surface area (Å²) in [6.45, 7) is 6.48. The summed E-state index contributed by atoms with van der Waals surface area (Å²) in [5.74, 6) is -0.386. The fraction of sp³-hybridized carbons (Fsp3) is 0.364. The van der Waals surface area contributed by atoms with E-state index in [0.29, 0.717) is 18.2 Å². The number of aromatic nitrogens is 4. The van der Waals surface area contributed by atoms with Gasteiger partial charge in [0.15, 0.2) is 5.82 Å². The monoisotopic (exact) mass is 462 g/mol. The largest absolute Gasteiger partial charge is 0.496 e. The molecule has 0 atom stereocenters. The summed E-state index contributed by atoms with van der Waals surface area (Å²) in [5.41, 5.74) is 0.0680. The van der Waals surface area contributed by atoms with E-state index in [1.807, 2.05) is 13.8 Å². The van der Waals surface area contributed by atoms with Crippen molar-refractivity contribution in [3.8, 4) is 11.6 Å². The molecule has 1 amide bonds. The van der Waals surface area contributed by atoms with E-state index in [2.05, 4.69) is 25.9 Å². The highest BCUT2D eigenvalue weighted by atomic mass is 19.4. The molecule has 176 valence electrons. The van der Waals surface area contributed by atoms with Crippen LogP contribution in [-0.4, -0.2) is 39.5 Å². The minimum Gasteiger partial charge on any atom is -0.496 e. The lowest BCUT2D eigenvalue weighted by molar-refractivity contribution is -0.138. The number of anilines is 1. The quantitative estimate of drug-likeness (QED) is 0.526. The summed E-state index contributed by atoms with van der Waals surface area (Å²) in [7, 11) is 1.19. The zero-order chi connectivity index (χ0) is 24.2. The van der Waals surface area contributed by atoms with E-state index in [1.54, 1.807) is 13.0 Å². The molecule has 2 aromatic heterocycles. The van der Waals surface area contributed by atoms with E-state index in [0.717, 1.165) is 6.07 Å². The average Bonchev–Trinajstić information content (AvgIpc) is 3.27. The Bertz CT molecular complexity index is 1110. The van der Waals surface area contributed by atoms with E-state index in [9.17, 15) is 18.0 Å². The summed E-state index contributed by atoms with van der Waals surface area (Å²) in [5, 5.41) is 13.2. The highest BCUT2D eigenvalue weighted by Gasteiger charge is 2.36. The number of aryl methyl sites for hydroxylation is 1. The summed E-state index contributed by atoms with van der Waals surface area (Å²) in [6, 6.07) is 5.50. The van der Waals surface area contributed by atoms with E-state index in [4.69, 9.17) is 4.74 Å². The van der Waals surface area contributed by atoms with Gasteiger partial charge >= 0.3 is 6.18 Å². The zero-order valence-corrected chi connectivity index (χ0v) is 18.7. The maximum absolute atomic E-state index is 13.8. The van der Waals surface area contributed by atoms with Crippen LogP contribution in [0.3, 0.4) is 0 Å². The average molecular weight is 462 g/mol. The number of amides is 1.